The molecule has 0 bridgehead atoms. The van der Waals surface area contributed by atoms with Gasteiger partial charge in [-0.15, -0.1) is 0 Å². The van der Waals surface area contributed by atoms with Crippen molar-refractivity contribution in [2.75, 3.05) is 13.2 Å². The summed E-state index contributed by atoms with van der Waals surface area (Å²) in [4.78, 5) is 24.2. The van der Waals surface area contributed by atoms with Gasteiger partial charge in [0.15, 0.2) is 13.2 Å². The molecule has 34 heavy (non-hydrogen) atoms. The topological polar surface area (TPSA) is 76.7 Å². The van der Waals surface area contributed by atoms with E-state index in [1.165, 1.54) is 0 Å². The fourth-order valence-electron chi connectivity index (χ4n) is 3.25. The van der Waals surface area contributed by atoms with Crippen molar-refractivity contribution in [3.63, 3.8) is 0 Å². The number of ether oxygens (including phenoxy) is 2. The fraction of sp³-hybridized carbons (Fsp3) is 0.0769. The molecule has 6 nitrogen and oxygen atoms in total. The quantitative estimate of drug-likeness (QED) is 0.276. The van der Waals surface area contributed by atoms with Gasteiger partial charge < -0.3 is 9.47 Å². The molecule has 4 rings (SSSR count). The largest absolute Gasteiger partial charge is 0.483 e. The lowest BCUT2D eigenvalue weighted by Crippen LogP contribution is -2.45. The molecule has 0 aromatic heterocycles. The molecule has 0 atom stereocenters. The van der Waals surface area contributed by atoms with Crippen molar-refractivity contribution >= 4 is 54.4 Å². The molecule has 172 valence electrons. The molecule has 8 heteroatoms. The molecule has 0 saturated heterocycles. The minimum absolute atomic E-state index is 0.259. The van der Waals surface area contributed by atoms with E-state index in [4.69, 9.17) is 9.47 Å². The van der Waals surface area contributed by atoms with Crippen molar-refractivity contribution in [2.24, 2.45) is 0 Å². The zero-order chi connectivity index (χ0) is 23.9. The average Bonchev–Trinajstić information content (AvgIpc) is 2.87. The van der Waals surface area contributed by atoms with Crippen LogP contribution in [0.4, 0.5) is 0 Å². The van der Waals surface area contributed by atoms with E-state index in [0.29, 0.717) is 11.5 Å². The van der Waals surface area contributed by atoms with E-state index < -0.39 is 11.8 Å². The molecule has 0 radical (unpaired) electrons. The van der Waals surface area contributed by atoms with Gasteiger partial charge in [0.2, 0.25) is 0 Å². The second-order valence-electron chi connectivity index (χ2n) is 7.28. The number of halogens is 2. The maximum absolute atomic E-state index is 12.1. The van der Waals surface area contributed by atoms with E-state index in [1.807, 2.05) is 72.8 Å². The lowest BCUT2D eigenvalue weighted by atomic mass is 10.1. The van der Waals surface area contributed by atoms with Crippen molar-refractivity contribution in [3.8, 4) is 22.6 Å². The van der Waals surface area contributed by atoms with E-state index in [0.717, 1.165) is 30.8 Å². The summed E-state index contributed by atoms with van der Waals surface area (Å²) in [6.07, 6.45) is 0. The summed E-state index contributed by atoms with van der Waals surface area (Å²) in [5.74, 6) is 0.0547. The summed E-state index contributed by atoms with van der Waals surface area (Å²) in [6, 6.07) is 27.1. The van der Waals surface area contributed by atoms with Crippen LogP contribution in [0.2, 0.25) is 0 Å². The summed E-state index contributed by atoms with van der Waals surface area (Å²) in [6.45, 7) is -0.523. The van der Waals surface area contributed by atoms with E-state index >= 15 is 0 Å². The Hall–Kier alpha value is -3.36. The molecular formula is C26H20Br2N2O4. The third-order valence-corrected chi connectivity index (χ3v) is 6.36. The Morgan fingerprint density at radius 3 is 2.00 bits per heavy atom. The molecule has 0 heterocycles. The van der Waals surface area contributed by atoms with Crippen LogP contribution < -0.4 is 20.3 Å². The van der Waals surface area contributed by atoms with Gasteiger partial charge in [0.1, 0.15) is 11.5 Å². The Morgan fingerprint density at radius 2 is 1.29 bits per heavy atom. The normalized spacial score (nSPS) is 10.5. The summed E-state index contributed by atoms with van der Waals surface area (Å²) < 4.78 is 12.6. The van der Waals surface area contributed by atoms with Crippen molar-refractivity contribution in [3.05, 3.63) is 93.9 Å². The molecule has 0 aliphatic carbocycles. The number of hydrogen-bond acceptors (Lipinski definition) is 4. The van der Waals surface area contributed by atoms with Gasteiger partial charge in [0.25, 0.3) is 11.8 Å². The van der Waals surface area contributed by atoms with Crippen LogP contribution in [-0.4, -0.2) is 25.0 Å². The Labute approximate surface area is 213 Å². The molecule has 4 aromatic carbocycles. The summed E-state index contributed by atoms with van der Waals surface area (Å²) in [7, 11) is 0. The van der Waals surface area contributed by atoms with E-state index in [-0.39, 0.29) is 13.2 Å². The number of fused-ring (bicyclic) bond motifs is 1. The SMILES string of the molecule is O=C(COc1ccc(-c2ccccc2)cc1Br)NNC(=O)COc1ccc2ccccc2c1Br. The molecule has 0 saturated carbocycles. The molecule has 0 fully saturated rings. The van der Waals surface area contributed by atoms with Gasteiger partial charge in [0, 0.05) is 0 Å². The maximum Gasteiger partial charge on any atom is 0.276 e. The van der Waals surface area contributed by atoms with Crippen LogP contribution in [0.1, 0.15) is 0 Å². The van der Waals surface area contributed by atoms with Gasteiger partial charge in [0.05, 0.1) is 8.95 Å². The minimum Gasteiger partial charge on any atom is -0.483 e. The van der Waals surface area contributed by atoms with Crippen LogP contribution in [0.25, 0.3) is 21.9 Å². The highest BCUT2D eigenvalue weighted by Crippen LogP contribution is 2.33. The lowest BCUT2D eigenvalue weighted by Gasteiger charge is -2.12. The Morgan fingerprint density at radius 1 is 0.676 bits per heavy atom. The van der Waals surface area contributed by atoms with Crippen molar-refractivity contribution in [1.82, 2.24) is 10.9 Å². The molecular weight excluding hydrogens is 564 g/mol. The number of carbonyl (C=O) groups excluding carboxylic acids is 2. The molecule has 0 unspecified atom stereocenters. The van der Waals surface area contributed by atoms with Gasteiger partial charge in [-0.1, -0.05) is 66.7 Å². The van der Waals surface area contributed by atoms with Gasteiger partial charge in [-0.2, -0.15) is 0 Å². The predicted octanol–water partition coefficient (Wildman–Crippen LogP) is 5.64. The zero-order valence-electron chi connectivity index (χ0n) is 17.9. The number of hydrogen-bond donors (Lipinski definition) is 2. The number of carbonyl (C=O) groups is 2. The third-order valence-electron chi connectivity index (χ3n) is 4.93. The van der Waals surface area contributed by atoms with E-state index in [1.54, 1.807) is 12.1 Å². The predicted molar refractivity (Wildman–Crippen MR) is 139 cm³/mol. The van der Waals surface area contributed by atoms with Gasteiger partial charge in [-0.3, -0.25) is 20.4 Å². The van der Waals surface area contributed by atoms with Gasteiger partial charge in [-0.05, 0) is 72.0 Å². The van der Waals surface area contributed by atoms with Crippen LogP contribution in [-0.2, 0) is 9.59 Å². The monoisotopic (exact) mass is 582 g/mol. The fourth-order valence-corrected chi connectivity index (χ4v) is 4.35. The van der Waals surface area contributed by atoms with E-state index in [9.17, 15) is 9.59 Å². The Kier molecular flexibility index (Phi) is 7.82. The molecule has 0 aliphatic rings. The van der Waals surface area contributed by atoms with Crippen molar-refractivity contribution < 1.29 is 19.1 Å². The van der Waals surface area contributed by atoms with Crippen LogP contribution >= 0.6 is 31.9 Å². The molecule has 0 spiro atoms. The van der Waals surface area contributed by atoms with Crippen LogP contribution in [0, 0.1) is 0 Å². The average molecular weight is 584 g/mol. The number of hydrazine groups is 1. The van der Waals surface area contributed by atoms with Crippen molar-refractivity contribution in [1.29, 1.82) is 0 Å². The molecule has 4 aromatic rings. The zero-order valence-corrected chi connectivity index (χ0v) is 21.1. The smallest absolute Gasteiger partial charge is 0.276 e. The first-order valence-corrected chi connectivity index (χ1v) is 12.0. The first kappa shape index (κ1) is 23.8. The molecule has 2 N–H and O–H groups in total. The van der Waals surface area contributed by atoms with Crippen LogP contribution in [0.5, 0.6) is 11.5 Å². The number of rotatable bonds is 7. The highest BCUT2D eigenvalue weighted by molar-refractivity contribution is 9.11. The highest BCUT2D eigenvalue weighted by Gasteiger charge is 2.11. The molecule has 2 amide bonds. The third kappa shape index (κ3) is 5.95. The number of nitrogens with one attached hydrogen (secondary N) is 2. The van der Waals surface area contributed by atoms with Gasteiger partial charge in [-0.25, -0.2) is 0 Å². The van der Waals surface area contributed by atoms with Crippen LogP contribution in [0.3, 0.4) is 0 Å². The summed E-state index contributed by atoms with van der Waals surface area (Å²) >= 11 is 6.99. The second kappa shape index (κ2) is 11.2. The first-order chi connectivity index (χ1) is 16.5. The second-order valence-corrected chi connectivity index (χ2v) is 8.93. The Bertz CT molecular complexity index is 1330. The van der Waals surface area contributed by atoms with Gasteiger partial charge >= 0.3 is 0 Å². The minimum atomic E-state index is -0.501. The lowest BCUT2D eigenvalue weighted by molar-refractivity contribution is -0.131. The summed E-state index contributed by atoms with van der Waals surface area (Å²) in [5.41, 5.74) is 6.74. The Balaban J connectivity index is 1.23. The van der Waals surface area contributed by atoms with Crippen molar-refractivity contribution in [2.45, 2.75) is 0 Å². The highest BCUT2D eigenvalue weighted by atomic mass is 79.9. The molecule has 0 aliphatic heterocycles. The number of amides is 2. The number of benzene rings is 4. The standard InChI is InChI=1S/C26H20Br2N2O4/c27-21-14-19(17-6-2-1-3-7-17)11-12-22(21)33-15-24(31)29-30-25(32)16-34-23-13-10-18-8-4-5-9-20(18)26(23)28/h1-14H,15-16H2,(H,29,31)(H,30,32). The van der Waals surface area contributed by atoms with E-state index in [2.05, 4.69) is 42.7 Å². The van der Waals surface area contributed by atoms with Crippen LogP contribution in [0.15, 0.2) is 93.9 Å². The first-order valence-electron chi connectivity index (χ1n) is 10.4. The summed E-state index contributed by atoms with van der Waals surface area (Å²) in [5, 5.41) is 2.04. The maximum atomic E-state index is 12.1.